The van der Waals surface area contributed by atoms with E-state index in [2.05, 4.69) is 0 Å². The molecule has 1 aliphatic carbocycles. The summed E-state index contributed by atoms with van der Waals surface area (Å²) in [6.45, 7) is 0. The summed E-state index contributed by atoms with van der Waals surface area (Å²) in [6, 6.07) is 0. The van der Waals surface area contributed by atoms with Gasteiger partial charge in [0, 0.05) is 0 Å². The van der Waals surface area contributed by atoms with Crippen LogP contribution >= 0.6 is 0 Å². The van der Waals surface area contributed by atoms with E-state index in [0.29, 0.717) is 0 Å². The number of hydrogen-bond donors (Lipinski definition) is 4. The zero-order chi connectivity index (χ0) is 9.46. The lowest BCUT2D eigenvalue weighted by molar-refractivity contribution is -0.127. The molecule has 0 aromatic carbocycles. The van der Waals surface area contributed by atoms with Crippen molar-refractivity contribution in [1.29, 1.82) is 0 Å². The van der Waals surface area contributed by atoms with Gasteiger partial charge in [0.15, 0.2) is 6.10 Å². The summed E-state index contributed by atoms with van der Waals surface area (Å²) >= 11 is 0. The molecule has 12 heavy (non-hydrogen) atoms. The maximum atomic E-state index is 10.8. The van der Waals surface area contributed by atoms with Gasteiger partial charge in [0.2, 0.25) is 5.78 Å². The average Bonchev–Trinajstić information content (AvgIpc) is 2.16. The summed E-state index contributed by atoms with van der Waals surface area (Å²) < 4.78 is 0. The molecule has 1 aliphatic rings. The van der Waals surface area contributed by atoms with Gasteiger partial charge in [-0.2, -0.15) is 0 Å². The van der Waals surface area contributed by atoms with Crippen LogP contribution in [0, 0.1) is 0 Å². The molecule has 0 spiro atoms. The number of carbonyl (C=O) groups excluding carboxylic acids is 2. The first-order chi connectivity index (χ1) is 5.46. The monoisotopic (exact) mass is 173 g/mol. The van der Waals surface area contributed by atoms with E-state index in [-0.39, 0.29) is 0 Å². The zero-order valence-corrected chi connectivity index (χ0v) is 5.89. The topological polar surface area (TPSA) is 121 Å². The standard InChI is InChI=1S/C6H7NO5/c7-6(12)1-2(8)4(10)5(11)3(1)9/h4-5,8,10-11H,(H2,7,12). The SMILES string of the molecule is NC(=O)C1=C(O)C(O)C(O)C1=O. The second-order valence-electron chi connectivity index (χ2n) is 2.38. The molecule has 0 fully saturated rings. The Hall–Kier alpha value is -1.40. The number of rotatable bonds is 1. The van der Waals surface area contributed by atoms with Crippen LogP contribution in [0.15, 0.2) is 11.3 Å². The molecule has 6 nitrogen and oxygen atoms in total. The van der Waals surface area contributed by atoms with E-state index in [9.17, 15) is 9.59 Å². The molecule has 0 aromatic rings. The van der Waals surface area contributed by atoms with Crippen LogP contribution in [-0.4, -0.2) is 39.2 Å². The number of carbonyl (C=O) groups is 2. The van der Waals surface area contributed by atoms with Gasteiger partial charge in [-0.05, 0) is 0 Å². The van der Waals surface area contributed by atoms with Crippen LogP contribution in [-0.2, 0) is 9.59 Å². The predicted molar refractivity (Wildman–Crippen MR) is 35.9 cm³/mol. The molecule has 0 bridgehead atoms. The maximum Gasteiger partial charge on any atom is 0.255 e. The van der Waals surface area contributed by atoms with Crippen molar-refractivity contribution in [2.75, 3.05) is 0 Å². The molecule has 0 saturated carbocycles. The van der Waals surface area contributed by atoms with Crippen molar-refractivity contribution in [2.24, 2.45) is 5.73 Å². The van der Waals surface area contributed by atoms with Gasteiger partial charge in [-0.1, -0.05) is 0 Å². The molecule has 2 atom stereocenters. The van der Waals surface area contributed by atoms with Crippen LogP contribution in [0.25, 0.3) is 0 Å². The van der Waals surface area contributed by atoms with Crippen molar-refractivity contribution < 1.29 is 24.9 Å². The van der Waals surface area contributed by atoms with E-state index in [1.54, 1.807) is 0 Å². The number of aliphatic hydroxyl groups is 3. The molecule has 1 rings (SSSR count). The quantitative estimate of drug-likeness (QED) is 0.329. The predicted octanol–water partition coefficient (Wildman–Crippen LogP) is -2.41. The van der Waals surface area contributed by atoms with E-state index >= 15 is 0 Å². The lowest BCUT2D eigenvalue weighted by Gasteiger charge is -2.04. The van der Waals surface area contributed by atoms with Gasteiger partial charge in [-0.15, -0.1) is 0 Å². The average molecular weight is 173 g/mol. The van der Waals surface area contributed by atoms with Gasteiger partial charge < -0.3 is 21.1 Å². The van der Waals surface area contributed by atoms with E-state index < -0.39 is 35.2 Å². The van der Waals surface area contributed by atoms with Crippen LogP contribution < -0.4 is 5.73 Å². The lowest BCUT2D eigenvalue weighted by Crippen LogP contribution is -2.29. The maximum absolute atomic E-state index is 10.8. The summed E-state index contributed by atoms with van der Waals surface area (Å²) in [7, 11) is 0. The molecule has 0 radical (unpaired) electrons. The van der Waals surface area contributed by atoms with Crippen LogP contribution in [0.5, 0.6) is 0 Å². The van der Waals surface area contributed by atoms with Crippen molar-refractivity contribution >= 4 is 11.7 Å². The van der Waals surface area contributed by atoms with Gasteiger partial charge in [0.1, 0.15) is 17.4 Å². The van der Waals surface area contributed by atoms with Crippen molar-refractivity contribution in [3.05, 3.63) is 11.3 Å². The van der Waals surface area contributed by atoms with Crippen LogP contribution in [0.4, 0.5) is 0 Å². The minimum atomic E-state index is -1.78. The van der Waals surface area contributed by atoms with Gasteiger partial charge in [0.25, 0.3) is 5.91 Å². The highest BCUT2D eigenvalue weighted by atomic mass is 16.4. The zero-order valence-electron chi connectivity index (χ0n) is 5.89. The van der Waals surface area contributed by atoms with Crippen molar-refractivity contribution in [3.8, 4) is 0 Å². The number of Topliss-reactive ketones (excluding diaryl/α,β-unsaturated/α-hetero) is 1. The smallest absolute Gasteiger partial charge is 0.255 e. The Kier molecular flexibility index (Phi) is 1.87. The number of amides is 1. The fraction of sp³-hybridized carbons (Fsp3) is 0.333. The van der Waals surface area contributed by atoms with Crippen molar-refractivity contribution in [1.82, 2.24) is 0 Å². The molecule has 0 saturated heterocycles. The van der Waals surface area contributed by atoms with Gasteiger partial charge in [0.05, 0.1) is 0 Å². The molecular weight excluding hydrogens is 166 g/mol. The lowest BCUT2D eigenvalue weighted by atomic mass is 10.2. The summed E-state index contributed by atoms with van der Waals surface area (Å²) in [5.41, 5.74) is 3.98. The number of aliphatic hydroxyl groups excluding tert-OH is 3. The molecular formula is C6H7NO5. The third-order valence-electron chi connectivity index (χ3n) is 1.60. The molecule has 0 aliphatic heterocycles. The fourth-order valence-electron chi connectivity index (χ4n) is 0.963. The number of ketones is 1. The van der Waals surface area contributed by atoms with Crippen molar-refractivity contribution in [3.63, 3.8) is 0 Å². The second kappa shape index (κ2) is 2.58. The fourth-order valence-corrected chi connectivity index (χ4v) is 0.963. The van der Waals surface area contributed by atoms with Crippen LogP contribution in [0.1, 0.15) is 0 Å². The minimum absolute atomic E-state index is 0.727. The summed E-state index contributed by atoms with van der Waals surface area (Å²) in [5.74, 6) is -3.07. The van der Waals surface area contributed by atoms with Crippen LogP contribution in [0.2, 0.25) is 0 Å². The summed E-state index contributed by atoms with van der Waals surface area (Å²) in [6.07, 6.45) is -3.52. The summed E-state index contributed by atoms with van der Waals surface area (Å²) in [5, 5.41) is 26.6. The molecule has 5 N–H and O–H groups in total. The third-order valence-corrected chi connectivity index (χ3v) is 1.60. The Balaban J connectivity index is 3.13. The Labute approximate surface area is 66.9 Å². The van der Waals surface area contributed by atoms with Crippen molar-refractivity contribution in [2.45, 2.75) is 12.2 Å². The number of hydrogen-bond acceptors (Lipinski definition) is 5. The molecule has 0 aromatic heterocycles. The first kappa shape index (κ1) is 8.69. The third kappa shape index (κ3) is 0.973. The van der Waals surface area contributed by atoms with Gasteiger partial charge in [-0.25, -0.2) is 0 Å². The summed E-state index contributed by atoms with van der Waals surface area (Å²) in [4.78, 5) is 21.3. The molecule has 1 amide bonds. The molecule has 66 valence electrons. The van der Waals surface area contributed by atoms with E-state index in [1.807, 2.05) is 0 Å². The van der Waals surface area contributed by atoms with Gasteiger partial charge in [-0.3, -0.25) is 9.59 Å². The molecule has 0 heterocycles. The van der Waals surface area contributed by atoms with E-state index in [0.717, 1.165) is 0 Å². The Morgan fingerprint density at radius 3 is 2.00 bits per heavy atom. The first-order valence-electron chi connectivity index (χ1n) is 3.10. The normalized spacial score (nSPS) is 29.7. The van der Waals surface area contributed by atoms with Gasteiger partial charge >= 0.3 is 0 Å². The highest BCUT2D eigenvalue weighted by Crippen LogP contribution is 2.21. The first-order valence-corrected chi connectivity index (χ1v) is 3.10. The Morgan fingerprint density at radius 2 is 1.83 bits per heavy atom. The largest absolute Gasteiger partial charge is 0.508 e. The Morgan fingerprint density at radius 1 is 1.33 bits per heavy atom. The Bertz CT molecular complexity index is 282. The van der Waals surface area contributed by atoms with E-state index in [4.69, 9.17) is 21.1 Å². The van der Waals surface area contributed by atoms with Crippen LogP contribution in [0.3, 0.4) is 0 Å². The number of primary amides is 1. The number of nitrogens with two attached hydrogens (primary N) is 1. The van der Waals surface area contributed by atoms with E-state index in [1.165, 1.54) is 0 Å². The molecule has 6 heteroatoms. The molecule has 2 unspecified atom stereocenters. The highest BCUT2D eigenvalue weighted by Gasteiger charge is 2.42. The second-order valence-corrected chi connectivity index (χ2v) is 2.38. The highest BCUT2D eigenvalue weighted by molar-refractivity contribution is 6.22. The minimum Gasteiger partial charge on any atom is -0.508 e.